The molecule has 0 saturated heterocycles. The first-order valence-corrected chi connectivity index (χ1v) is 7.61. The van der Waals surface area contributed by atoms with Crippen LogP contribution in [0.15, 0.2) is 40.9 Å². The third-order valence-corrected chi connectivity index (χ3v) is 4.01. The Kier molecular flexibility index (Phi) is 4.36. The molecule has 0 spiro atoms. The number of methoxy groups -OCH3 is 2. The number of aromatic hydroxyl groups is 1. The minimum absolute atomic E-state index is 0.0665. The van der Waals surface area contributed by atoms with Crippen molar-refractivity contribution in [3.63, 3.8) is 0 Å². The average molecular weight is 346 g/mol. The van der Waals surface area contributed by atoms with Crippen molar-refractivity contribution in [1.29, 1.82) is 0 Å². The summed E-state index contributed by atoms with van der Waals surface area (Å²) in [6.45, 7) is 1.84. The zero-order valence-corrected chi connectivity index (χ0v) is 14.2. The first-order chi connectivity index (χ1) is 11.6. The number of phenolic OH excluding ortho intramolecular Hbond substituents is 1. The van der Waals surface area contributed by atoms with Gasteiger partial charge in [-0.05, 0) is 36.8 Å². The maximum absolute atomic E-state index is 10.6. The van der Waals surface area contributed by atoms with Crippen LogP contribution >= 0.6 is 11.6 Å². The second kappa shape index (κ2) is 6.45. The lowest BCUT2D eigenvalue weighted by Gasteiger charge is -2.12. The van der Waals surface area contributed by atoms with Gasteiger partial charge in [-0.2, -0.15) is 0 Å². The highest BCUT2D eigenvalue weighted by Gasteiger charge is 2.23. The quantitative estimate of drug-likeness (QED) is 0.742. The molecule has 0 unspecified atom stereocenters. The van der Waals surface area contributed by atoms with Crippen LogP contribution in [0.3, 0.4) is 0 Å². The summed E-state index contributed by atoms with van der Waals surface area (Å²) >= 11 is 5.96. The Morgan fingerprint density at radius 2 is 1.75 bits per heavy atom. The lowest BCUT2D eigenvalue weighted by Crippen LogP contribution is -1.92. The van der Waals surface area contributed by atoms with Crippen molar-refractivity contribution < 1.29 is 19.1 Å². The molecule has 0 radical (unpaired) electrons. The average Bonchev–Trinajstić information content (AvgIpc) is 2.96. The Morgan fingerprint density at radius 1 is 1.04 bits per heavy atom. The van der Waals surface area contributed by atoms with Gasteiger partial charge in [0.2, 0.25) is 5.75 Å². The Morgan fingerprint density at radius 3 is 2.38 bits per heavy atom. The van der Waals surface area contributed by atoms with Crippen LogP contribution in [0.2, 0.25) is 5.02 Å². The molecule has 2 aromatic carbocycles. The molecule has 0 aliphatic heterocycles. The van der Waals surface area contributed by atoms with Crippen molar-refractivity contribution in [3.05, 3.63) is 47.1 Å². The molecule has 0 bridgehead atoms. The van der Waals surface area contributed by atoms with E-state index in [1.165, 1.54) is 14.2 Å². The number of rotatable bonds is 4. The van der Waals surface area contributed by atoms with E-state index in [1.54, 1.807) is 24.3 Å². The number of benzene rings is 2. The van der Waals surface area contributed by atoms with Gasteiger partial charge < -0.3 is 19.1 Å². The Hall–Kier alpha value is -2.66. The first-order valence-electron chi connectivity index (χ1n) is 7.23. The molecular weight excluding hydrogens is 330 g/mol. The Bertz CT molecular complexity index is 871. The van der Waals surface area contributed by atoms with E-state index in [0.29, 0.717) is 27.8 Å². The van der Waals surface area contributed by atoms with Crippen molar-refractivity contribution in [2.45, 2.75) is 6.92 Å². The fourth-order valence-electron chi connectivity index (χ4n) is 2.60. The molecular formula is C18H16ClNO4. The maximum atomic E-state index is 10.6. The molecule has 1 N–H and O–H groups in total. The molecule has 1 heterocycles. The topological polar surface area (TPSA) is 64.7 Å². The highest BCUT2D eigenvalue weighted by atomic mass is 35.5. The minimum Gasteiger partial charge on any atom is -0.504 e. The Balaban J connectivity index is 2.20. The monoisotopic (exact) mass is 345 g/mol. The van der Waals surface area contributed by atoms with Crippen molar-refractivity contribution >= 4 is 11.6 Å². The predicted octanol–water partition coefficient (Wildman–Crippen LogP) is 4.69. The van der Waals surface area contributed by atoms with E-state index in [0.717, 1.165) is 11.1 Å². The third-order valence-electron chi connectivity index (χ3n) is 3.76. The van der Waals surface area contributed by atoms with Gasteiger partial charge in [0, 0.05) is 5.02 Å². The zero-order valence-electron chi connectivity index (χ0n) is 13.5. The highest BCUT2D eigenvalue weighted by Crippen LogP contribution is 2.46. The minimum atomic E-state index is -0.0665. The van der Waals surface area contributed by atoms with Gasteiger partial charge >= 0.3 is 0 Å². The second-order valence-electron chi connectivity index (χ2n) is 5.18. The summed E-state index contributed by atoms with van der Waals surface area (Å²) in [5, 5.41) is 15.2. The molecule has 3 rings (SSSR count). The molecule has 24 heavy (non-hydrogen) atoms. The largest absolute Gasteiger partial charge is 0.504 e. The van der Waals surface area contributed by atoms with Crippen LogP contribution in [0.25, 0.3) is 22.5 Å². The predicted molar refractivity (Wildman–Crippen MR) is 91.9 cm³/mol. The summed E-state index contributed by atoms with van der Waals surface area (Å²) in [6, 6.07) is 10.8. The van der Waals surface area contributed by atoms with Crippen LogP contribution in [-0.4, -0.2) is 24.5 Å². The van der Waals surface area contributed by atoms with E-state index in [-0.39, 0.29) is 11.5 Å². The number of aryl methyl sites for hydroxylation is 1. The molecule has 0 fully saturated rings. The van der Waals surface area contributed by atoms with Gasteiger partial charge in [0.1, 0.15) is 0 Å². The van der Waals surface area contributed by atoms with Crippen LogP contribution in [0.1, 0.15) is 5.69 Å². The van der Waals surface area contributed by atoms with Gasteiger partial charge in [-0.25, -0.2) is 0 Å². The molecule has 6 heteroatoms. The summed E-state index contributed by atoms with van der Waals surface area (Å²) < 4.78 is 15.9. The van der Waals surface area contributed by atoms with E-state index in [1.807, 2.05) is 19.1 Å². The second-order valence-corrected chi connectivity index (χ2v) is 5.61. The van der Waals surface area contributed by atoms with Crippen LogP contribution in [0, 0.1) is 6.92 Å². The summed E-state index contributed by atoms with van der Waals surface area (Å²) in [5.74, 6) is 1.06. The van der Waals surface area contributed by atoms with E-state index in [9.17, 15) is 5.11 Å². The van der Waals surface area contributed by atoms with E-state index >= 15 is 0 Å². The van der Waals surface area contributed by atoms with Crippen molar-refractivity contribution in [2.75, 3.05) is 14.2 Å². The molecule has 0 aliphatic rings. The number of phenols is 1. The van der Waals surface area contributed by atoms with Gasteiger partial charge in [0.25, 0.3) is 0 Å². The first kappa shape index (κ1) is 16.2. The summed E-state index contributed by atoms with van der Waals surface area (Å²) in [6.07, 6.45) is 0. The SMILES string of the molecule is COc1ccc(-c2onc(C)c2-c2ccc(Cl)cc2)c(O)c1OC. The molecule has 3 aromatic rings. The number of nitrogens with zero attached hydrogens (tertiary/aromatic N) is 1. The zero-order chi connectivity index (χ0) is 17.3. The smallest absolute Gasteiger partial charge is 0.203 e. The number of ether oxygens (including phenoxy) is 2. The standard InChI is InChI=1S/C18H16ClNO4/c1-10-15(11-4-6-12(19)7-5-11)17(24-20-10)13-8-9-14(22-2)18(23-3)16(13)21/h4-9,21H,1-3H3. The lowest BCUT2D eigenvalue weighted by molar-refractivity contribution is 0.333. The van der Waals surface area contributed by atoms with Crippen LogP contribution in [0.5, 0.6) is 17.2 Å². The fraction of sp³-hybridized carbons (Fsp3) is 0.167. The molecule has 1 aromatic heterocycles. The fourth-order valence-corrected chi connectivity index (χ4v) is 2.73. The number of aromatic nitrogens is 1. The van der Waals surface area contributed by atoms with Gasteiger partial charge in [-0.3, -0.25) is 0 Å². The van der Waals surface area contributed by atoms with E-state index < -0.39 is 0 Å². The third kappa shape index (κ3) is 2.67. The molecule has 0 saturated carbocycles. The van der Waals surface area contributed by atoms with Crippen molar-refractivity contribution in [1.82, 2.24) is 5.16 Å². The highest BCUT2D eigenvalue weighted by molar-refractivity contribution is 6.30. The van der Waals surface area contributed by atoms with E-state index in [4.69, 9.17) is 25.6 Å². The summed E-state index contributed by atoms with van der Waals surface area (Å²) in [7, 11) is 2.97. The molecule has 5 nitrogen and oxygen atoms in total. The number of hydrogen-bond donors (Lipinski definition) is 1. The summed E-state index contributed by atoms with van der Waals surface area (Å²) in [4.78, 5) is 0. The summed E-state index contributed by atoms with van der Waals surface area (Å²) in [5.41, 5.74) is 2.86. The Labute approximate surface area is 144 Å². The molecule has 0 amide bonds. The van der Waals surface area contributed by atoms with Gasteiger partial charge in [-0.15, -0.1) is 0 Å². The van der Waals surface area contributed by atoms with Gasteiger partial charge in [-0.1, -0.05) is 28.9 Å². The van der Waals surface area contributed by atoms with Crippen LogP contribution < -0.4 is 9.47 Å². The molecule has 0 atom stereocenters. The maximum Gasteiger partial charge on any atom is 0.203 e. The normalized spacial score (nSPS) is 10.7. The lowest BCUT2D eigenvalue weighted by atomic mass is 9.99. The van der Waals surface area contributed by atoms with Gasteiger partial charge in [0.05, 0.1) is 31.0 Å². The van der Waals surface area contributed by atoms with Gasteiger partial charge in [0.15, 0.2) is 17.3 Å². The van der Waals surface area contributed by atoms with Crippen molar-refractivity contribution in [3.8, 4) is 39.7 Å². The molecule has 0 aliphatic carbocycles. The van der Waals surface area contributed by atoms with Crippen LogP contribution in [0.4, 0.5) is 0 Å². The number of hydrogen-bond acceptors (Lipinski definition) is 5. The molecule has 124 valence electrons. The number of halogens is 1. The van der Waals surface area contributed by atoms with Crippen molar-refractivity contribution in [2.24, 2.45) is 0 Å². The van der Waals surface area contributed by atoms with E-state index in [2.05, 4.69) is 5.16 Å². The van der Waals surface area contributed by atoms with Crippen LogP contribution in [-0.2, 0) is 0 Å².